The molecular weight excluding hydrogens is 319 g/mol. The Labute approximate surface area is 136 Å². The molecule has 0 saturated heterocycles. The van der Waals surface area contributed by atoms with Gasteiger partial charge in [0.2, 0.25) is 0 Å². The summed E-state index contributed by atoms with van der Waals surface area (Å²) in [5, 5.41) is 4.25. The summed E-state index contributed by atoms with van der Waals surface area (Å²) in [6.45, 7) is -1.34. The lowest BCUT2D eigenvalue weighted by atomic mass is 10.1. The highest BCUT2D eigenvalue weighted by Crippen LogP contribution is 2.28. The molecule has 0 radical (unpaired) electrons. The van der Waals surface area contributed by atoms with E-state index in [-0.39, 0.29) is 5.75 Å². The predicted octanol–water partition coefficient (Wildman–Crippen LogP) is 4.06. The molecule has 0 spiro atoms. The van der Waals surface area contributed by atoms with Crippen molar-refractivity contribution in [2.45, 2.75) is 6.18 Å². The number of nitrogens with zero attached hydrogens (tertiary/aromatic N) is 2. The molecule has 0 bridgehead atoms. The van der Waals surface area contributed by atoms with Crippen LogP contribution in [0.1, 0.15) is 0 Å². The van der Waals surface area contributed by atoms with Crippen LogP contribution in [0.4, 0.5) is 19.0 Å². The summed E-state index contributed by atoms with van der Waals surface area (Å²) in [5.74, 6) is 0.444. The van der Waals surface area contributed by atoms with Crippen molar-refractivity contribution in [2.24, 2.45) is 0 Å². The molecule has 2 N–H and O–H groups in total. The Hall–Kier alpha value is -2.96. The minimum atomic E-state index is -4.38. The quantitative estimate of drug-likeness (QED) is 0.783. The third-order valence-electron chi connectivity index (χ3n) is 3.26. The number of nitrogen functional groups attached to an aromatic ring is 1. The lowest BCUT2D eigenvalue weighted by molar-refractivity contribution is -0.153. The van der Waals surface area contributed by atoms with Crippen LogP contribution in [0.2, 0.25) is 0 Å². The predicted molar refractivity (Wildman–Crippen MR) is 85.0 cm³/mol. The number of hydrogen-bond acceptors (Lipinski definition) is 3. The maximum atomic E-state index is 12.3. The highest BCUT2D eigenvalue weighted by atomic mass is 19.4. The molecule has 1 heterocycles. The maximum absolute atomic E-state index is 12.3. The summed E-state index contributed by atoms with van der Waals surface area (Å²) >= 11 is 0. The lowest BCUT2D eigenvalue weighted by Crippen LogP contribution is -2.19. The molecule has 0 atom stereocenters. The third kappa shape index (κ3) is 3.68. The van der Waals surface area contributed by atoms with Gasteiger partial charge in [-0.05, 0) is 24.3 Å². The lowest BCUT2D eigenvalue weighted by Gasteiger charge is -2.11. The van der Waals surface area contributed by atoms with Gasteiger partial charge in [0.25, 0.3) is 0 Å². The van der Waals surface area contributed by atoms with Gasteiger partial charge in [0.15, 0.2) is 6.61 Å². The summed E-state index contributed by atoms with van der Waals surface area (Å²) in [6, 6.07) is 17.4. The minimum Gasteiger partial charge on any atom is -0.484 e. The van der Waals surface area contributed by atoms with Crippen LogP contribution in [0.5, 0.6) is 5.75 Å². The normalized spacial score (nSPS) is 11.5. The van der Waals surface area contributed by atoms with E-state index in [2.05, 4.69) is 5.10 Å². The largest absolute Gasteiger partial charge is 0.484 e. The number of alkyl halides is 3. The van der Waals surface area contributed by atoms with E-state index in [0.717, 1.165) is 5.69 Å². The van der Waals surface area contributed by atoms with Gasteiger partial charge in [0.1, 0.15) is 11.6 Å². The topological polar surface area (TPSA) is 53.1 Å². The highest BCUT2D eigenvalue weighted by Gasteiger charge is 2.28. The molecule has 0 fully saturated rings. The second-order valence-electron chi connectivity index (χ2n) is 5.13. The zero-order chi connectivity index (χ0) is 17.2. The highest BCUT2D eigenvalue weighted by molar-refractivity contribution is 5.66. The first-order valence-corrected chi connectivity index (χ1v) is 7.13. The first kappa shape index (κ1) is 15.9. The number of ether oxygens (including phenoxy) is 1. The van der Waals surface area contributed by atoms with Crippen LogP contribution in [-0.4, -0.2) is 22.6 Å². The second kappa shape index (κ2) is 6.27. The zero-order valence-electron chi connectivity index (χ0n) is 12.5. The fraction of sp³-hybridized carbons (Fsp3) is 0.118. The minimum absolute atomic E-state index is 0.129. The second-order valence-corrected chi connectivity index (χ2v) is 5.13. The molecular formula is C17H14F3N3O. The Morgan fingerprint density at radius 1 is 1.00 bits per heavy atom. The van der Waals surface area contributed by atoms with Gasteiger partial charge in [0, 0.05) is 11.6 Å². The number of rotatable bonds is 4. The number of halogens is 3. The summed E-state index contributed by atoms with van der Waals surface area (Å²) < 4.78 is 43.3. The van der Waals surface area contributed by atoms with Gasteiger partial charge in [-0.15, -0.1) is 0 Å². The van der Waals surface area contributed by atoms with Crippen LogP contribution < -0.4 is 10.5 Å². The van der Waals surface area contributed by atoms with Crippen LogP contribution >= 0.6 is 0 Å². The molecule has 4 nitrogen and oxygen atoms in total. The van der Waals surface area contributed by atoms with E-state index < -0.39 is 12.8 Å². The maximum Gasteiger partial charge on any atom is 0.422 e. The van der Waals surface area contributed by atoms with Crippen molar-refractivity contribution in [1.29, 1.82) is 0 Å². The number of anilines is 1. The zero-order valence-corrected chi connectivity index (χ0v) is 12.5. The molecule has 3 aromatic rings. The Bertz CT molecular complexity index is 829. The number of benzene rings is 2. The van der Waals surface area contributed by atoms with Crippen LogP contribution in [0.15, 0.2) is 60.7 Å². The Morgan fingerprint density at radius 2 is 1.75 bits per heavy atom. The van der Waals surface area contributed by atoms with E-state index in [1.165, 1.54) is 12.1 Å². The Morgan fingerprint density at radius 3 is 2.46 bits per heavy atom. The van der Waals surface area contributed by atoms with E-state index in [0.29, 0.717) is 17.1 Å². The molecule has 0 amide bonds. The van der Waals surface area contributed by atoms with Crippen LogP contribution in [0, 0.1) is 0 Å². The van der Waals surface area contributed by atoms with Gasteiger partial charge in [-0.25, -0.2) is 4.68 Å². The van der Waals surface area contributed by atoms with Crippen LogP contribution in [0.25, 0.3) is 16.9 Å². The van der Waals surface area contributed by atoms with Crippen molar-refractivity contribution >= 4 is 5.82 Å². The van der Waals surface area contributed by atoms with Crippen molar-refractivity contribution in [3.8, 4) is 22.7 Å². The molecule has 0 saturated carbocycles. The molecule has 0 unspecified atom stereocenters. The van der Waals surface area contributed by atoms with Gasteiger partial charge < -0.3 is 10.5 Å². The molecule has 24 heavy (non-hydrogen) atoms. The van der Waals surface area contributed by atoms with E-state index >= 15 is 0 Å². The van der Waals surface area contributed by atoms with Gasteiger partial charge in [-0.1, -0.05) is 30.3 Å². The van der Waals surface area contributed by atoms with Crippen molar-refractivity contribution in [1.82, 2.24) is 9.78 Å². The molecule has 0 aliphatic heterocycles. The summed E-state index contributed by atoms with van der Waals surface area (Å²) in [5.41, 5.74) is 7.91. The van der Waals surface area contributed by atoms with Crippen molar-refractivity contribution in [2.75, 3.05) is 12.3 Å². The summed E-state index contributed by atoms with van der Waals surface area (Å²) in [4.78, 5) is 0. The number of para-hydroxylation sites is 1. The first-order chi connectivity index (χ1) is 11.4. The van der Waals surface area contributed by atoms with E-state index in [1.54, 1.807) is 22.9 Å². The smallest absolute Gasteiger partial charge is 0.422 e. The standard InChI is InChI=1S/C17H14F3N3O/c18-17(19,20)11-24-14-8-4-5-12(9-14)15-10-16(21)22-23(15)13-6-2-1-3-7-13/h1-10H,11H2,(H2,21,22). The van der Waals surface area contributed by atoms with Crippen molar-refractivity contribution in [3.63, 3.8) is 0 Å². The van der Waals surface area contributed by atoms with Crippen LogP contribution in [-0.2, 0) is 0 Å². The molecule has 1 aromatic heterocycles. The molecule has 0 aliphatic carbocycles. The monoisotopic (exact) mass is 333 g/mol. The van der Waals surface area contributed by atoms with Crippen molar-refractivity contribution < 1.29 is 17.9 Å². The summed E-state index contributed by atoms with van der Waals surface area (Å²) in [7, 11) is 0. The number of hydrogen-bond donors (Lipinski definition) is 1. The van der Waals surface area contributed by atoms with Crippen LogP contribution in [0.3, 0.4) is 0 Å². The average Bonchev–Trinajstić information content (AvgIpc) is 2.95. The molecule has 0 aliphatic rings. The Balaban J connectivity index is 1.95. The average molecular weight is 333 g/mol. The number of nitrogens with two attached hydrogens (primary N) is 1. The Kier molecular flexibility index (Phi) is 4.16. The van der Waals surface area contributed by atoms with Crippen molar-refractivity contribution in [3.05, 3.63) is 60.7 Å². The SMILES string of the molecule is Nc1cc(-c2cccc(OCC(F)(F)F)c2)n(-c2ccccc2)n1. The number of aromatic nitrogens is 2. The van der Waals surface area contributed by atoms with E-state index in [1.807, 2.05) is 30.3 Å². The van der Waals surface area contributed by atoms with Gasteiger partial charge in [-0.3, -0.25) is 0 Å². The van der Waals surface area contributed by atoms with Gasteiger partial charge in [0.05, 0.1) is 11.4 Å². The van der Waals surface area contributed by atoms with E-state index in [9.17, 15) is 13.2 Å². The fourth-order valence-corrected chi connectivity index (χ4v) is 2.28. The molecule has 3 rings (SSSR count). The third-order valence-corrected chi connectivity index (χ3v) is 3.26. The fourth-order valence-electron chi connectivity index (χ4n) is 2.28. The van der Waals surface area contributed by atoms with Gasteiger partial charge >= 0.3 is 6.18 Å². The first-order valence-electron chi connectivity index (χ1n) is 7.13. The molecule has 7 heteroatoms. The molecule has 2 aromatic carbocycles. The van der Waals surface area contributed by atoms with Gasteiger partial charge in [-0.2, -0.15) is 18.3 Å². The summed E-state index contributed by atoms with van der Waals surface area (Å²) in [6.07, 6.45) is -4.38. The molecule has 124 valence electrons. The van der Waals surface area contributed by atoms with E-state index in [4.69, 9.17) is 10.5 Å².